The summed E-state index contributed by atoms with van der Waals surface area (Å²) in [6, 6.07) is 99.5. The van der Waals surface area contributed by atoms with Crippen molar-refractivity contribution in [1.29, 1.82) is 0 Å². The van der Waals surface area contributed by atoms with Gasteiger partial charge in [-0.1, -0.05) is 231 Å². The van der Waals surface area contributed by atoms with Gasteiger partial charge in [0.05, 0.1) is 5.69 Å². The highest BCUT2D eigenvalue weighted by Crippen LogP contribution is 2.46. The Morgan fingerprint density at radius 1 is 0.194 bits per heavy atom. The first-order chi connectivity index (χ1) is 33.2. The van der Waals surface area contributed by atoms with E-state index in [2.05, 4.69) is 278 Å². The molecule has 0 aliphatic heterocycles. The first-order valence-corrected chi connectivity index (χ1v) is 23.1. The molecule has 0 unspecified atom stereocenters. The summed E-state index contributed by atoms with van der Waals surface area (Å²) in [6.07, 6.45) is 0. The smallest absolute Gasteiger partial charge is 0.0540 e. The zero-order chi connectivity index (χ0) is 44.5. The van der Waals surface area contributed by atoms with E-state index in [9.17, 15) is 0 Å². The lowest BCUT2D eigenvalue weighted by atomic mass is 9.88. The standard InChI is InChI=1S/C66H45N/c1-2-15-51(16-3-1)60-20-8-9-21-62(60)63-22-10-11-23-64(63)65-24-12-13-25-66(65)67(58-41-36-50(37-42-58)55-38-43-61-56(45-55)33-31-52-17-6-7-19-59(52)61)57-39-34-48(35-40-57)47-26-28-49(29-27-47)54-32-30-46-14-4-5-18-53(46)44-54/h1-45H. The average Bonchev–Trinajstić information content (AvgIpc) is 3.41. The van der Waals surface area contributed by atoms with Crippen molar-refractivity contribution in [2.75, 3.05) is 4.90 Å². The van der Waals surface area contributed by atoms with E-state index in [1.165, 1.54) is 93.5 Å². The Morgan fingerprint density at radius 2 is 0.582 bits per heavy atom. The molecule has 0 bridgehead atoms. The van der Waals surface area contributed by atoms with Gasteiger partial charge < -0.3 is 4.90 Å². The third kappa shape index (κ3) is 7.63. The van der Waals surface area contributed by atoms with Crippen molar-refractivity contribution in [2.24, 2.45) is 0 Å². The molecule has 0 fully saturated rings. The first kappa shape index (κ1) is 39.8. The molecule has 0 aromatic heterocycles. The number of fused-ring (bicyclic) bond motifs is 4. The summed E-state index contributed by atoms with van der Waals surface area (Å²) in [6.45, 7) is 0. The number of para-hydroxylation sites is 1. The number of nitrogens with zero attached hydrogens (tertiary/aromatic N) is 1. The summed E-state index contributed by atoms with van der Waals surface area (Å²) in [5.74, 6) is 0. The largest absolute Gasteiger partial charge is 0.310 e. The van der Waals surface area contributed by atoms with Crippen LogP contribution in [0, 0.1) is 0 Å². The molecule has 314 valence electrons. The van der Waals surface area contributed by atoms with Crippen LogP contribution >= 0.6 is 0 Å². The Hall–Kier alpha value is -8.78. The molecular formula is C66H45N. The van der Waals surface area contributed by atoms with Gasteiger partial charge in [0, 0.05) is 16.9 Å². The summed E-state index contributed by atoms with van der Waals surface area (Å²) in [5, 5.41) is 7.57. The lowest BCUT2D eigenvalue weighted by Gasteiger charge is -2.29. The van der Waals surface area contributed by atoms with Gasteiger partial charge in [-0.15, -0.1) is 0 Å². The minimum absolute atomic E-state index is 1.08. The van der Waals surface area contributed by atoms with Gasteiger partial charge in [-0.25, -0.2) is 0 Å². The monoisotopic (exact) mass is 851 g/mol. The normalized spacial score (nSPS) is 11.3. The lowest BCUT2D eigenvalue weighted by Crippen LogP contribution is -2.11. The molecule has 0 saturated heterocycles. The topological polar surface area (TPSA) is 3.24 Å². The second-order valence-corrected chi connectivity index (χ2v) is 17.3. The Balaban J connectivity index is 0.946. The molecule has 0 aliphatic rings. The third-order valence-corrected chi connectivity index (χ3v) is 13.3. The molecule has 0 aliphatic carbocycles. The van der Waals surface area contributed by atoms with Gasteiger partial charge in [0.2, 0.25) is 0 Å². The molecule has 0 radical (unpaired) electrons. The van der Waals surface area contributed by atoms with Crippen molar-refractivity contribution in [1.82, 2.24) is 0 Å². The molecule has 67 heavy (non-hydrogen) atoms. The number of rotatable bonds is 9. The van der Waals surface area contributed by atoms with E-state index in [0.717, 1.165) is 22.6 Å². The number of hydrogen-bond donors (Lipinski definition) is 0. The number of benzene rings is 12. The van der Waals surface area contributed by atoms with Crippen molar-refractivity contribution in [3.8, 4) is 66.8 Å². The van der Waals surface area contributed by atoms with Crippen molar-refractivity contribution >= 4 is 49.4 Å². The van der Waals surface area contributed by atoms with Crippen LogP contribution < -0.4 is 4.90 Å². The fraction of sp³-hybridized carbons (Fsp3) is 0. The Kier molecular flexibility index (Phi) is 10.3. The van der Waals surface area contributed by atoms with Crippen molar-refractivity contribution in [2.45, 2.75) is 0 Å². The van der Waals surface area contributed by atoms with Crippen molar-refractivity contribution < 1.29 is 0 Å². The fourth-order valence-corrected chi connectivity index (χ4v) is 9.89. The molecule has 12 rings (SSSR count). The Labute approximate surface area is 392 Å². The number of hydrogen-bond acceptors (Lipinski definition) is 1. The predicted molar refractivity (Wildman–Crippen MR) is 286 cm³/mol. The molecule has 12 aromatic rings. The van der Waals surface area contributed by atoms with E-state index in [1.54, 1.807) is 0 Å². The number of anilines is 3. The summed E-state index contributed by atoms with van der Waals surface area (Å²) in [4.78, 5) is 2.41. The molecule has 0 amide bonds. The van der Waals surface area contributed by atoms with Gasteiger partial charge in [0.15, 0.2) is 0 Å². The maximum atomic E-state index is 2.41. The van der Waals surface area contributed by atoms with Crippen LogP contribution in [0.2, 0.25) is 0 Å². The van der Waals surface area contributed by atoms with E-state index < -0.39 is 0 Å². The molecule has 0 spiro atoms. The van der Waals surface area contributed by atoms with Crippen LogP contribution in [0.5, 0.6) is 0 Å². The van der Waals surface area contributed by atoms with Crippen LogP contribution in [0.4, 0.5) is 17.1 Å². The van der Waals surface area contributed by atoms with Gasteiger partial charge in [-0.05, 0) is 136 Å². The average molecular weight is 852 g/mol. The van der Waals surface area contributed by atoms with E-state index in [0.29, 0.717) is 0 Å². The molecule has 1 nitrogen and oxygen atoms in total. The predicted octanol–water partition coefficient (Wildman–Crippen LogP) is 18.6. The quantitative estimate of drug-likeness (QED) is 0.131. The van der Waals surface area contributed by atoms with E-state index in [4.69, 9.17) is 0 Å². The lowest BCUT2D eigenvalue weighted by molar-refractivity contribution is 1.28. The van der Waals surface area contributed by atoms with Gasteiger partial charge in [0.25, 0.3) is 0 Å². The SMILES string of the molecule is c1ccc(-c2ccccc2-c2ccccc2-c2ccccc2N(c2ccc(-c3ccc(-c4ccc5ccccc5c4)cc3)cc2)c2ccc(-c3ccc4c(ccc5ccccc54)c3)cc2)cc1. The van der Waals surface area contributed by atoms with E-state index >= 15 is 0 Å². The molecule has 0 atom stereocenters. The first-order valence-electron chi connectivity index (χ1n) is 23.1. The Morgan fingerprint density at radius 3 is 1.24 bits per heavy atom. The van der Waals surface area contributed by atoms with Crippen LogP contribution in [0.3, 0.4) is 0 Å². The van der Waals surface area contributed by atoms with Gasteiger partial charge >= 0.3 is 0 Å². The highest BCUT2D eigenvalue weighted by atomic mass is 15.1. The summed E-state index contributed by atoms with van der Waals surface area (Å²) in [5.41, 5.74) is 17.6. The highest BCUT2D eigenvalue weighted by molar-refractivity contribution is 6.08. The summed E-state index contributed by atoms with van der Waals surface area (Å²) >= 11 is 0. The van der Waals surface area contributed by atoms with Gasteiger partial charge in [0.1, 0.15) is 0 Å². The van der Waals surface area contributed by atoms with E-state index in [1.807, 2.05) is 0 Å². The van der Waals surface area contributed by atoms with Crippen LogP contribution in [0.15, 0.2) is 273 Å². The molecule has 0 heterocycles. The second kappa shape index (κ2) is 17.3. The molecule has 12 aromatic carbocycles. The summed E-state index contributed by atoms with van der Waals surface area (Å²) in [7, 11) is 0. The minimum Gasteiger partial charge on any atom is -0.310 e. The molecule has 0 N–H and O–H groups in total. The van der Waals surface area contributed by atoms with E-state index in [-0.39, 0.29) is 0 Å². The summed E-state index contributed by atoms with van der Waals surface area (Å²) < 4.78 is 0. The van der Waals surface area contributed by atoms with Gasteiger partial charge in [-0.3, -0.25) is 0 Å². The zero-order valence-corrected chi connectivity index (χ0v) is 36.9. The van der Waals surface area contributed by atoms with Crippen LogP contribution in [-0.2, 0) is 0 Å². The maximum absolute atomic E-state index is 2.41. The van der Waals surface area contributed by atoms with Crippen LogP contribution in [-0.4, -0.2) is 0 Å². The van der Waals surface area contributed by atoms with Crippen LogP contribution in [0.25, 0.3) is 99.1 Å². The Bertz CT molecular complexity index is 3720. The minimum atomic E-state index is 1.08. The fourth-order valence-electron chi connectivity index (χ4n) is 9.89. The molecule has 1 heteroatoms. The maximum Gasteiger partial charge on any atom is 0.0540 e. The van der Waals surface area contributed by atoms with Crippen molar-refractivity contribution in [3.05, 3.63) is 273 Å². The molecular weight excluding hydrogens is 807 g/mol. The molecule has 0 saturated carbocycles. The zero-order valence-electron chi connectivity index (χ0n) is 36.9. The highest BCUT2D eigenvalue weighted by Gasteiger charge is 2.20. The van der Waals surface area contributed by atoms with Crippen LogP contribution in [0.1, 0.15) is 0 Å². The third-order valence-electron chi connectivity index (χ3n) is 13.3. The van der Waals surface area contributed by atoms with Gasteiger partial charge in [-0.2, -0.15) is 0 Å². The second-order valence-electron chi connectivity index (χ2n) is 17.3. The van der Waals surface area contributed by atoms with Crippen molar-refractivity contribution in [3.63, 3.8) is 0 Å².